The molecule has 1 aliphatic rings. The van der Waals surface area contributed by atoms with Gasteiger partial charge in [-0.1, -0.05) is 66.2 Å². The van der Waals surface area contributed by atoms with Crippen LogP contribution in [0.4, 0.5) is 10.6 Å². The molecule has 3 aromatic carbocycles. The number of hydrogen-bond donors (Lipinski definition) is 2. The SMILES string of the molecule is CC(OC(=O)Nc1c(C#N)cnn1-c1ccc(-c2ccc(C3(C(=O)O)CC3)cc2)cc1)c1ccccc1Cl. The number of carboxylic acids is 1. The fraction of sp³-hybridized carbons (Fsp3) is 0.172. The summed E-state index contributed by atoms with van der Waals surface area (Å²) in [5, 5.41) is 26.5. The molecule has 5 rings (SSSR count). The van der Waals surface area contributed by atoms with Gasteiger partial charge < -0.3 is 9.84 Å². The van der Waals surface area contributed by atoms with Crippen LogP contribution in [0.3, 0.4) is 0 Å². The van der Waals surface area contributed by atoms with E-state index in [1.807, 2.05) is 54.6 Å². The van der Waals surface area contributed by atoms with E-state index in [1.165, 1.54) is 10.9 Å². The summed E-state index contributed by atoms with van der Waals surface area (Å²) in [5.41, 5.74) is 3.42. The van der Waals surface area contributed by atoms with Crippen LogP contribution < -0.4 is 5.32 Å². The van der Waals surface area contributed by atoms with Crippen molar-refractivity contribution >= 4 is 29.5 Å². The summed E-state index contributed by atoms with van der Waals surface area (Å²) in [4.78, 5) is 24.3. The molecule has 0 radical (unpaired) electrons. The lowest BCUT2D eigenvalue weighted by atomic mass is 9.94. The summed E-state index contributed by atoms with van der Waals surface area (Å²) in [6.45, 7) is 1.71. The summed E-state index contributed by atoms with van der Waals surface area (Å²) in [5.74, 6) is -0.596. The number of carbonyl (C=O) groups excluding carboxylic acids is 1. The molecule has 4 aromatic rings. The van der Waals surface area contributed by atoms with Crippen LogP contribution in [0.1, 0.15) is 42.6 Å². The normalized spacial score (nSPS) is 14.2. The number of aromatic nitrogens is 2. The summed E-state index contributed by atoms with van der Waals surface area (Å²) >= 11 is 6.21. The highest BCUT2D eigenvalue weighted by Crippen LogP contribution is 2.48. The Balaban J connectivity index is 1.33. The van der Waals surface area contributed by atoms with Gasteiger partial charge in [-0.15, -0.1) is 0 Å². The largest absolute Gasteiger partial charge is 0.481 e. The highest BCUT2D eigenvalue weighted by molar-refractivity contribution is 6.31. The number of hydrogen-bond acceptors (Lipinski definition) is 5. The van der Waals surface area contributed by atoms with Crippen molar-refractivity contribution < 1.29 is 19.4 Å². The van der Waals surface area contributed by atoms with Crippen LogP contribution in [-0.4, -0.2) is 26.9 Å². The van der Waals surface area contributed by atoms with Gasteiger partial charge in [-0.3, -0.25) is 10.1 Å². The molecule has 0 aliphatic heterocycles. The monoisotopic (exact) mass is 526 g/mol. The first-order chi connectivity index (χ1) is 18.3. The van der Waals surface area contributed by atoms with Crippen molar-refractivity contribution in [2.45, 2.75) is 31.3 Å². The highest BCUT2D eigenvalue weighted by atomic mass is 35.5. The lowest BCUT2D eigenvalue weighted by Gasteiger charge is -2.16. The quantitative estimate of drug-likeness (QED) is 0.284. The minimum absolute atomic E-state index is 0.180. The van der Waals surface area contributed by atoms with Crippen LogP contribution in [0.5, 0.6) is 0 Å². The van der Waals surface area contributed by atoms with Crippen molar-refractivity contribution in [2.75, 3.05) is 5.32 Å². The topological polar surface area (TPSA) is 117 Å². The zero-order chi connectivity index (χ0) is 26.9. The second-order valence-electron chi connectivity index (χ2n) is 9.14. The van der Waals surface area contributed by atoms with Crippen LogP contribution in [0.2, 0.25) is 5.02 Å². The Kier molecular flexibility index (Phi) is 6.62. The Hall–Kier alpha value is -4.61. The molecule has 0 saturated heterocycles. The Morgan fingerprint density at radius 3 is 2.29 bits per heavy atom. The molecule has 1 aromatic heterocycles. The maximum Gasteiger partial charge on any atom is 0.413 e. The van der Waals surface area contributed by atoms with Gasteiger partial charge in [0.15, 0.2) is 5.82 Å². The van der Waals surface area contributed by atoms with E-state index in [1.54, 1.807) is 31.2 Å². The first kappa shape index (κ1) is 25.1. The molecule has 9 heteroatoms. The zero-order valence-corrected chi connectivity index (χ0v) is 21.1. The molecule has 1 saturated carbocycles. The lowest BCUT2D eigenvalue weighted by molar-refractivity contribution is -0.140. The zero-order valence-electron chi connectivity index (χ0n) is 20.4. The molecular weight excluding hydrogens is 504 g/mol. The van der Waals surface area contributed by atoms with Crippen LogP contribution in [0.15, 0.2) is 79.0 Å². The molecule has 0 bridgehead atoms. The number of carboxylic acid groups (broad SMARTS) is 1. The number of benzene rings is 3. The van der Waals surface area contributed by atoms with Gasteiger partial charge in [-0.25, -0.2) is 9.48 Å². The molecule has 1 amide bonds. The molecule has 0 spiro atoms. The molecule has 1 unspecified atom stereocenters. The Morgan fingerprint density at radius 2 is 1.71 bits per heavy atom. The van der Waals surface area contributed by atoms with E-state index in [0.29, 0.717) is 29.1 Å². The van der Waals surface area contributed by atoms with Crippen LogP contribution >= 0.6 is 11.6 Å². The van der Waals surface area contributed by atoms with Gasteiger partial charge in [0, 0.05) is 10.6 Å². The van der Waals surface area contributed by atoms with Gasteiger partial charge in [0.1, 0.15) is 17.7 Å². The maximum absolute atomic E-state index is 12.7. The number of amides is 1. The van der Waals surface area contributed by atoms with E-state index in [0.717, 1.165) is 16.7 Å². The van der Waals surface area contributed by atoms with Crippen molar-refractivity contribution in [1.29, 1.82) is 5.26 Å². The maximum atomic E-state index is 12.7. The fourth-order valence-corrected chi connectivity index (χ4v) is 4.72. The van der Waals surface area contributed by atoms with E-state index < -0.39 is 23.6 Å². The molecule has 2 N–H and O–H groups in total. The van der Waals surface area contributed by atoms with Crippen LogP contribution in [-0.2, 0) is 14.9 Å². The minimum Gasteiger partial charge on any atom is -0.481 e. The summed E-state index contributed by atoms with van der Waals surface area (Å²) in [6, 6.07) is 24.1. The minimum atomic E-state index is -0.780. The summed E-state index contributed by atoms with van der Waals surface area (Å²) in [6.07, 6.45) is 1.33. The third-order valence-corrected chi connectivity index (χ3v) is 7.12. The summed E-state index contributed by atoms with van der Waals surface area (Å²) in [7, 11) is 0. The van der Waals surface area contributed by atoms with Crippen LogP contribution in [0, 0.1) is 11.3 Å². The molecule has 1 fully saturated rings. The third-order valence-electron chi connectivity index (χ3n) is 6.78. The standard InChI is InChI=1S/C29H23ClN4O4/c1-18(24-4-2-3-5-25(24)30)38-28(37)33-26-21(16-31)17-32-34(26)23-12-8-20(9-13-23)19-6-10-22(11-7-19)29(14-15-29)27(35)36/h2-13,17-18H,14-15H2,1H3,(H,33,37)(H,35,36). The second-order valence-corrected chi connectivity index (χ2v) is 9.54. The number of halogens is 1. The average Bonchev–Trinajstić information content (AvgIpc) is 3.65. The van der Waals surface area contributed by atoms with Crippen molar-refractivity contribution in [3.05, 3.63) is 101 Å². The van der Waals surface area contributed by atoms with Gasteiger partial charge in [0.2, 0.25) is 0 Å². The van der Waals surface area contributed by atoms with Crippen molar-refractivity contribution in [1.82, 2.24) is 9.78 Å². The predicted molar refractivity (Wildman–Crippen MR) is 142 cm³/mol. The van der Waals surface area contributed by atoms with Crippen molar-refractivity contribution in [2.24, 2.45) is 0 Å². The van der Waals surface area contributed by atoms with Crippen LogP contribution in [0.25, 0.3) is 16.8 Å². The highest BCUT2D eigenvalue weighted by Gasteiger charge is 2.51. The van der Waals surface area contributed by atoms with E-state index in [9.17, 15) is 20.0 Å². The first-order valence-electron chi connectivity index (χ1n) is 12.0. The fourth-order valence-electron chi connectivity index (χ4n) is 4.43. The number of ether oxygens (including phenoxy) is 1. The number of nitrogens with one attached hydrogen (secondary N) is 1. The van der Waals surface area contributed by atoms with Gasteiger partial charge >= 0.3 is 12.1 Å². The number of carbonyl (C=O) groups is 2. The molecule has 8 nitrogen and oxygen atoms in total. The van der Waals surface area contributed by atoms with E-state index in [2.05, 4.69) is 10.4 Å². The van der Waals surface area contributed by atoms with E-state index in [-0.39, 0.29) is 11.4 Å². The summed E-state index contributed by atoms with van der Waals surface area (Å²) < 4.78 is 6.94. The number of nitrogens with zero attached hydrogens (tertiary/aromatic N) is 3. The van der Waals surface area contributed by atoms with Gasteiger partial charge in [-0.2, -0.15) is 10.4 Å². The van der Waals surface area contributed by atoms with Crippen molar-refractivity contribution in [3.8, 4) is 22.9 Å². The van der Waals surface area contributed by atoms with Gasteiger partial charge in [0.05, 0.1) is 17.3 Å². The smallest absolute Gasteiger partial charge is 0.413 e. The van der Waals surface area contributed by atoms with Gasteiger partial charge in [0.25, 0.3) is 0 Å². The lowest BCUT2D eigenvalue weighted by Crippen LogP contribution is -2.19. The van der Waals surface area contributed by atoms with Gasteiger partial charge in [-0.05, 0) is 54.7 Å². The second kappa shape index (κ2) is 10.0. The Morgan fingerprint density at radius 1 is 1.08 bits per heavy atom. The molecule has 1 atom stereocenters. The molecule has 1 heterocycles. The number of nitriles is 1. The predicted octanol–water partition coefficient (Wildman–Crippen LogP) is 6.49. The number of anilines is 1. The molecule has 190 valence electrons. The Bertz CT molecular complexity index is 1550. The van der Waals surface area contributed by atoms with Crippen molar-refractivity contribution in [3.63, 3.8) is 0 Å². The molecular formula is C29H23ClN4O4. The first-order valence-corrected chi connectivity index (χ1v) is 12.3. The van der Waals surface area contributed by atoms with E-state index in [4.69, 9.17) is 16.3 Å². The van der Waals surface area contributed by atoms with E-state index >= 15 is 0 Å². The third kappa shape index (κ3) is 4.72. The Labute approximate surface area is 224 Å². The number of aliphatic carboxylic acids is 1. The number of rotatable bonds is 7. The molecule has 38 heavy (non-hydrogen) atoms. The molecule has 1 aliphatic carbocycles. The average molecular weight is 527 g/mol.